The lowest BCUT2D eigenvalue weighted by molar-refractivity contribution is -0.129. The lowest BCUT2D eigenvalue weighted by Crippen LogP contribution is -2.36. The van der Waals surface area contributed by atoms with Gasteiger partial charge >= 0.3 is 0 Å². The molecule has 0 aliphatic carbocycles. The van der Waals surface area contributed by atoms with Crippen molar-refractivity contribution in [2.75, 3.05) is 43.4 Å². The van der Waals surface area contributed by atoms with Gasteiger partial charge in [0.1, 0.15) is 11.6 Å². The number of hydrogen-bond acceptors (Lipinski definition) is 4. The molecule has 2 aliphatic heterocycles. The molecule has 3 rings (SSSR count). The second-order valence-electron chi connectivity index (χ2n) is 6.70. The van der Waals surface area contributed by atoms with Crippen LogP contribution in [-0.4, -0.2) is 54.9 Å². The maximum atomic E-state index is 13.5. The Kier molecular flexibility index (Phi) is 4.60. The summed E-state index contributed by atoms with van der Waals surface area (Å²) in [7, 11) is 1.78. The quantitative estimate of drug-likeness (QED) is 0.921. The Balaban J connectivity index is 1.79. The van der Waals surface area contributed by atoms with Crippen LogP contribution in [0.1, 0.15) is 37.7 Å². The van der Waals surface area contributed by atoms with Crippen LogP contribution in [-0.2, 0) is 4.79 Å². The summed E-state index contributed by atoms with van der Waals surface area (Å²) in [5.41, 5.74) is 1.11. The molecule has 24 heavy (non-hydrogen) atoms. The number of pyridine rings is 1. The van der Waals surface area contributed by atoms with Crippen molar-refractivity contribution < 1.29 is 13.6 Å². The molecule has 0 atom stereocenters. The molecule has 0 radical (unpaired) electrons. The van der Waals surface area contributed by atoms with Gasteiger partial charge in [-0.25, -0.2) is 13.8 Å². The number of halogens is 2. The summed E-state index contributed by atoms with van der Waals surface area (Å²) in [6.45, 7) is 3.14. The largest absolute Gasteiger partial charge is 0.373 e. The summed E-state index contributed by atoms with van der Waals surface area (Å²) in [6.07, 6.45) is 1.66. The minimum Gasteiger partial charge on any atom is -0.373 e. The zero-order valence-electron chi connectivity index (χ0n) is 14.2. The normalized spacial score (nSPS) is 21.2. The molecular formula is C17H24F2N4O. The van der Waals surface area contributed by atoms with Crippen molar-refractivity contribution in [2.24, 2.45) is 0 Å². The number of carbonyl (C=O) groups is 1. The third-order valence-electron chi connectivity index (χ3n) is 5.00. The first-order valence-corrected chi connectivity index (χ1v) is 8.46. The van der Waals surface area contributed by atoms with E-state index in [0.29, 0.717) is 24.1 Å². The van der Waals surface area contributed by atoms with Crippen LogP contribution < -0.4 is 10.2 Å². The van der Waals surface area contributed by atoms with Gasteiger partial charge in [0.25, 0.3) is 5.92 Å². The molecule has 1 N–H and O–H groups in total. The summed E-state index contributed by atoms with van der Waals surface area (Å²) >= 11 is 0. The first-order chi connectivity index (χ1) is 11.4. The highest BCUT2D eigenvalue weighted by Gasteiger charge is 2.39. The number of nitrogens with zero attached hydrogens (tertiary/aromatic N) is 3. The maximum Gasteiger partial charge on any atom is 0.266 e. The van der Waals surface area contributed by atoms with Crippen LogP contribution in [0.5, 0.6) is 0 Å². The van der Waals surface area contributed by atoms with E-state index >= 15 is 0 Å². The number of piperidine rings is 1. The van der Waals surface area contributed by atoms with Gasteiger partial charge in [0, 0.05) is 40.0 Å². The molecule has 5 nitrogen and oxygen atoms in total. The predicted molar refractivity (Wildman–Crippen MR) is 89.8 cm³/mol. The van der Waals surface area contributed by atoms with Gasteiger partial charge in [0.2, 0.25) is 5.91 Å². The molecule has 1 aromatic heterocycles. The molecule has 2 aliphatic rings. The van der Waals surface area contributed by atoms with Crippen molar-refractivity contribution in [3.8, 4) is 0 Å². The number of carbonyl (C=O) groups excluding carboxylic acids is 1. The van der Waals surface area contributed by atoms with Gasteiger partial charge in [-0.2, -0.15) is 0 Å². The molecule has 0 aromatic carbocycles. The molecule has 3 heterocycles. The number of likely N-dealkylation sites (tertiary alicyclic amines) is 1. The molecule has 7 heteroatoms. The molecule has 1 amide bonds. The second kappa shape index (κ2) is 6.53. The lowest BCUT2D eigenvalue weighted by Gasteiger charge is -2.32. The van der Waals surface area contributed by atoms with E-state index in [1.807, 2.05) is 17.0 Å². The second-order valence-corrected chi connectivity index (χ2v) is 6.70. The average molecular weight is 338 g/mol. The Hall–Kier alpha value is -1.92. The van der Waals surface area contributed by atoms with Crippen LogP contribution in [0.2, 0.25) is 0 Å². The van der Waals surface area contributed by atoms with E-state index in [9.17, 15) is 13.6 Å². The molecule has 0 spiro atoms. The van der Waals surface area contributed by atoms with Gasteiger partial charge in [-0.3, -0.25) is 4.79 Å². The lowest BCUT2D eigenvalue weighted by atomic mass is 9.89. The summed E-state index contributed by atoms with van der Waals surface area (Å²) in [5, 5.41) is 3.03. The molecule has 0 saturated carbocycles. The Bertz CT molecular complexity index is 615. The highest BCUT2D eigenvalue weighted by Crippen LogP contribution is 2.34. The highest BCUT2D eigenvalue weighted by atomic mass is 19.3. The number of anilines is 2. The fraction of sp³-hybridized carbons (Fsp3) is 0.647. The molecular weight excluding hydrogens is 314 g/mol. The average Bonchev–Trinajstić information content (AvgIpc) is 2.94. The third-order valence-corrected chi connectivity index (χ3v) is 5.00. The Morgan fingerprint density at radius 1 is 1.29 bits per heavy atom. The van der Waals surface area contributed by atoms with Crippen LogP contribution in [0.25, 0.3) is 0 Å². The topological polar surface area (TPSA) is 48.5 Å². The highest BCUT2D eigenvalue weighted by molar-refractivity contribution is 5.73. The molecule has 0 unspecified atom stereocenters. The van der Waals surface area contributed by atoms with E-state index in [4.69, 9.17) is 0 Å². The van der Waals surface area contributed by atoms with Crippen LogP contribution in [0, 0.1) is 0 Å². The molecule has 132 valence electrons. The number of nitrogens with one attached hydrogen (secondary N) is 1. The first kappa shape index (κ1) is 16.9. The van der Waals surface area contributed by atoms with E-state index in [1.165, 1.54) is 0 Å². The van der Waals surface area contributed by atoms with E-state index in [0.717, 1.165) is 31.5 Å². The van der Waals surface area contributed by atoms with E-state index < -0.39 is 5.92 Å². The smallest absolute Gasteiger partial charge is 0.266 e. The fourth-order valence-corrected chi connectivity index (χ4v) is 3.52. The standard InChI is InChI=1S/C17H24F2N4O/c1-12(24)22-6-3-13(4-7-22)14-9-15(20-2)21-16(10-14)23-8-5-17(18,19)11-23/h9-10,13H,3-8,11H2,1-2H3,(H,20,21). The van der Waals surface area contributed by atoms with Gasteiger partial charge in [0.15, 0.2) is 0 Å². The van der Waals surface area contributed by atoms with E-state index in [2.05, 4.69) is 10.3 Å². The number of alkyl halides is 2. The first-order valence-electron chi connectivity index (χ1n) is 8.46. The number of hydrogen-bond donors (Lipinski definition) is 1. The number of amides is 1. The molecule has 2 saturated heterocycles. The van der Waals surface area contributed by atoms with Crippen molar-refractivity contribution in [2.45, 2.75) is 38.0 Å². The third kappa shape index (κ3) is 3.60. The predicted octanol–water partition coefficient (Wildman–Crippen LogP) is 2.69. The van der Waals surface area contributed by atoms with Crippen molar-refractivity contribution in [3.63, 3.8) is 0 Å². The zero-order chi connectivity index (χ0) is 17.3. The van der Waals surface area contributed by atoms with Crippen molar-refractivity contribution in [1.82, 2.24) is 9.88 Å². The van der Waals surface area contributed by atoms with E-state index in [1.54, 1.807) is 18.9 Å². The monoisotopic (exact) mass is 338 g/mol. The number of aromatic nitrogens is 1. The summed E-state index contributed by atoms with van der Waals surface area (Å²) in [4.78, 5) is 19.4. The Labute approximate surface area is 141 Å². The zero-order valence-corrected chi connectivity index (χ0v) is 14.2. The summed E-state index contributed by atoms with van der Waals surface area (Å²) in [6, 6.07) is 3.93. The summed E-state index contributed by atoms with van der Waals surface area (Å²) in [5.74, 6) is -0.879. The van der Waals surface area contributed by atoms with E-state index in [-0.39, 0.29) is 18.9 Å². The maximum absolute atomic E-state index is 13.5. The van der Waals surface area contributed by atoms with Crippen molar-refractivity contribution in [3.05, 3.63) is 17.7 Å². The Morgan fingerprint density at radius 3 is 2.54 bits per heavy atom. The number of rotatable bonds is 3. The van der Waals surface area contributed by atoms with Gasteiger partial charge in [-0.05, 0) is 36.5 Å². The SMILES string of the molecule is CNc1cc(C2CCN(C(C)=O)CC2)cc(N2CCC(F)(F)C2)n1. The van der Waals surface area contributed by atoms with Gasteiger partial charge in [-0.1, -0.05) is 0 Å². The van der Waals surface area contributed by atoms with Crippen molar-refractivity contribution >= 4 is 17.5 Å². The van der Waals surface area contributed by atoms with Crippen LogP contribution in [0.3, 0.4) is 0 Å². The van der Waals surface area contributed by atoms with Crippen molar-refractivity contribution in [1.29, 1.82) is 0 Å². The minimum absolute atomic E-state index is 0.110. The van der Waals surface area contributed by atoms with Gasteiger partial charge < -0.3 is 15.1 Å². The fourth-order valence-electron chi connectivity index (χ4n) is 3.52. The van der Waals surface area contributed by atoms with Crippen LogP contribution >= 0.6 is 0 Å². The molecule has 0 bridgehead atoms. The Morgan fingerprint density at radius 2 is 2.00 bits per heavy atom. The van der Waals surface area contributed by atoms with Gasteiger partial charge in [-0.15, -0.1) is 0 Å². The molecule has 2 fully saturated rings. The summed E-state index contributed by atoms with van der Waals surface area (Å²) < 4.78 is 27.0. The minimum atomic E-state index is -2.63. The van der Waals surface area contributed by atoms with Crippen LogP contribution in [0.15, 0.2) is 12.1 Å². The van der Waals surface area contributed by atoms with Crippen LogP contribution in [0.4, 0.5) is 20.4 Å². The van der Waals surface area contributed by atoms with Gasteiger partial charge in [0.05, 0.1) is 6.54 Å². The molecule has 1 aromatic rings.